The van der Waals surface area contributed by atoms with Crippen LogP contribution >= 0.6 is 0 Å². The summed E-state index contributed by atoms with van der Waals surface area (Å²) in [5, 5.41) is 0. The molecule has 1 atom stereocenters. The molecule has 0 amide bonds. The van der Waals surface area contributed by atoms with Crippen LogP contribution in [-0.2, 0) is 28.6 Å². The van der Waals surface area contributed by atoms with Crippen LogP contribution in [0.25, 0.3) is 0 Å². The normalized spacial score (nSPS) is 11.9. The maximum atomic E-state index is 12.5. The molecule has 0 rings (SSSR count). The first kappa shape index (κ1) is 47.4. The summed E-state index contributed by atoms with van der Waals surface area (Å²) in [5.74, 6) is -0.0265. The van der Waals surface area contributed by atoms with Crippen molar-refractivity contribution < 1.29 is 28.6 Å². The lowest BCUT2D eigenvalue weighted by molar-refractivity contribution is -0.167. The van der Waals surface area contributed by atoms with E-state index in [4.69, 9.17) is 14.2 Å². The highest BCUT2D eigenvalue weighted by Gasteiger charge is 2.19. The van der Waals surface area contributed by atoms with Gasteiger partial charge in [-0.25, -0.2) is 0 Å². The topological polar surface area (TPSA) is 78.9 Å². The van der Waals surface area contributed by atoms with Crippen molar-refractivity contribution in [2.24, 2.45) is 5.92 Å². The van der Waals surface area contributed by atoms with Gasteiger partial charge >= 0.3 is 17.9 Å². The van der Waals surface area contributed by atoms with Crippen LogP contribution < -0.4 is 0 Å². The van der Waals surface area contributed by atoms with Crippen LogP contribution in [0, 0.1) is 5.92 Å². The second-order valence-electron chi connectivity index (χ2n) is 15.1. The van der Waals surface area contributed by atoms with Gasteiger partial charge in [0.1, 0.15) is 13.2 Å². The molecule has 0 saturated heterocycles. The van der Waals surface area contributed by atoms with E-state index in [1.165, 1.54) is 128 Å². The standard InChI is InChI=1S/C43H82O6/c1-5-7-9-11-21-26-30-34-41(44)47-37-40(49-43(46)36-32-28-22-12-10-8-6-2)38-48-42(45)35-31-27-24-20-18-16-14-13-15-17-19-23-25-29-33-39(3)4/h39-40H,5-38H2,1-4H3/t40-/m1/s1. The van der Waals surface area contributed by atoms with E-state index in [2.05, 4.69) is 27.7 Å². The number of rotatable bonds is 38. The zero-order chi connectivity index (χ0) is 36.0. The Hall–Kier alpha value is -1.59. The zero-order valence-electron chi connectivity index (χ0n) is 33.1. The molecule has 0 unspecified atom stereocenters. The smallest absolute Gasteiger partial charge is 0.306 e. The van der Waals surface area contributed by atoms with Crippen molar-refractivity contribution in [3.8, 4) is 0 Å². The first-order valence-electron chi connectivity index (χ1n) is 21.4. The van der Waals surface area contributed by atoms with Crippen molar-refractivity contribution in [3.05, 3.63) is 0 Å². The molecule has 0 radical (unpaired) electrons. The maximum Gasteiger partial charge on any atom is 0.306 e. The van der Waals surface area contributed by atoms with E-state index in [9.17, 15) is 14.4 Å². The molecule has 0 aromatic heterocycles. The molecular weight excluding hydrogens is 612 g/mol. The van der Waals surface area contributed by atoms with E-state index in [0.29, 0.717) is 19.3 Å². The lowest BCUT2D eigenvalue weighted by Gasteiger charge is -2.18. The van der Waals surface area contributed by atoms with E-state index < -0.39 is 6.10 Å². The van der Waals surface area contributed by atoms with Gasteiger partial charge in [-0.1, -0.05) is 195 Å². The predicted molar refractivity (Wildman–Crippen MR) is 206 cm³/mol. The Balaban J connectivity index is 4.15. The Kier molecular flexibility index (Phi) is 36.4. The summed E-state index contributed by atoms with van der Waals surface area (Å²) in [6.45, 7) is 8.91. The summed E-state index contributed by atoms with van der Waals surface area (Å²) in [7, 11) is 0. The van der Waals surface area contributed by atoms with E-state index in [-0.39, 0.29) is 31.1 Å². The van der Waals surface area contributed by atoms with Gasteiger partial charge in [0.15, 0.2) is 6.10 Å². The number of hydrogen-bond acceptors (Lipinski definition) is 6. The third-order valence-electron chi connectivity index (χ3n) is 9.54. The molecule has 0 saturated carbocycles. The second kappa shape index (κ2) is 37.7. The minimum absolute atomic E-state index is 0.0650. The maximum absolute atomic E-state index is 12.5. The van der Waals surface area contributed by atoms with Crippen molar-refractivity contribution in [2.45, 2.75) is 239 Å². The minimum atomic E-state index is -0.756. The molecule has 0 heterocycles. The quantitative estimate of drug-likeness (QED) is 0.0364. The Bertz CT molecular complexity index is 736. The number of ether oxygens (including phenoxy) is 3. The van der Waals surface area contributed by atoms with E-state index in [1.54, 1.807) is 0 Å². The summed E-state index contributed by atoms with van der Waals surface area (Å²) in [6.07, 6.45) is 35.4. The fourth-order valence-corrected chi connectivity index (χ4v) is 6.27. The third-order valence-corrected chi connectivity index (χ3v) is 9.54. The highest BCUT2D eigenvalue weighted by atomic mass is 16.6. The Morgan fingerprint density at radius 2 is 0.673 bits per heavy atom. The van der Waals surface area contributed by atoms with Gasteiger partial charge in [0, 0.05) is 19.3 Å². The highest BCUT2D eigenvalue weighted by molar-refractivity contribution is 5.71. The van der Waals surface area contributed by atoms with Crippen molar-refractivity contribution >= 4 is 17.9 Å². The molecule has 0 aliphatic heterocycles. The number of unbranched alkanes of at least 4 members (excludes halogenated alkanes) is 25. The molecule has 6 nitrogen and oxygen atoms in total. The lowest BCUT2D eigenvalue weighted by Crippen LogP contribution is -2.30. The van der Waals surface area contributed by atoms with Gasteiger partial charge < -0.3 is 14.2 Å². The molecule has 0 aromatic carbocycles. The van der Waals surface area contributed by atoms with Crippen LogP contribution in [0.5, 0.6) is 0 Å². The molecule has 49 heavy (non-hydrogen) atoms. The molecule has 0 aliphatic rings. The van der Waals surface area contributed by atoms with Gasteiger partial charge in [-0.05, 0) is 25.2 Å². The molecule has 0 fully saturated rings. The van der Waals surface area contributed by atoms with E-state index >= 15 is 0 Å². The van der Waals surface area contributed by atoms with Crippen LogP contribution in [0.4, 0.5) is 0 Å². The Morgan fingerprint density at radius 3 is 1.00 bits per heavy atom. The van der Waals surface area contributed by atoms with Crippen LogP contribution in [0.15, 0.2) is 0 Å². The Morgan fingerprint density at radius 1 is 0.388 bits per heavy atom. The van der Waals surface area contributed by atoms with E-state index in [1.807, 2.05) is 0 Å². The summed E-state index contributed by atoms with van der Waals surface area (Å²) >= 11 is 0. The SMILES string of the molecule is CCCCCCCCCC(=O)OC[C@H](COC(=O)CCCCCCCCCCCCCCCCC(C)C)OC(=O)CCCCCCCCC. The van der Waals surface area contributed by atoms with Crippen molar-refractivity contribution in [3.63, 3.8) is 0 Å². The molecule has 0 N–H and O–H groups in total. The first-order chi connectivity index (χ1) is 23.9. The monoisotopic (exact) mass is 695 g/mol. The molecular formula is C43H82O6. The fourth-order valence-electron chi connectivity index (χ4n) is 6.27. The summed E-state index contributed by atoms with van der Waals surface area (Å²) < 4.78 is 16.6. The van der Waals surface area contributed by atoms with Gasteiger partial charge in [-0.2, -0.15) is 0 Å². The van der Waals surface area contributed by atoms with Gasteiger partial charge in [0.2, 0.25) is 0 Å². The van der Waals surface area contributed by atoms with Gasteiger partial charge in [0.05, 0.1) is 0 Å². The molecule has 6 heteroatoms. The number of hydrogen-bond donors (Lipinski definition) is 0. The van der Waals surface area contributed by atoms with Gasteiger partial charge in [0.25, 0.3) is 0 Å². The lowest BCUT2D eigenvalue weighted by atomic mass is 10.0. The van der Waals surface area contributed by atoms with Crippen LogP contribution in [0.3, 0.4) is 0 Å². The molecule has 0 spiro atoms. The average molecular weight is 695 g/mol. The molecule has 0 aromatic rings. The van der Waals surface area contributed by atoms with Crippen LogP contribution in [-0.4, -0.2) is 37.2 Å². The number of esters is 3. The van der Waals surface area contributed by atoms with Gasteiger partial charge in [-0.15, -0.1) is 0 Å². The minimum Gasteiger partial charge on any atom is -0.462 e. The zero-order valence-corrected chi connectivity index (χ0v) is 33.1. The third kappa shape index (κ3) is 37.5. The summed E-state index contributed by atoms with van der Waals surface area (Å²) in [6, 6.07) is 0. The Labute approximate surface area is 304 Å². The number of carbonyl (C=O) groups is 3. The fraction of sp³-hybridized carbons (Fsp3) is 0.930. The number of carbonyl (C=O) groups excluding carboxylic acids is 3. The van der Waals surface area contributed by atoms with Crippen LogP contribution in [0.1, 0.15) is 233 Å². The average Bonchev–Trinajstić information content (AvgIpc) is 3.08. The predicted octanol–water partition coefficient (Wildman–Crippen LogP) is 13.2. The summed E-state index contributed by atoms with van der Waals surface area (Å²) in [5.41, 5.74) is 0. The molecule has 0 bridgehead atoms. The van der Waals surface area contributed by atoms with E-state index in [0.717, 1.165) is 63.7 Å². The van der Waals surface area contributed by atoms with Crippen LogP contribution in [0.2, 0.25) is 0 Å². The molecule has 290 valence electrons. The van der Waals surface area contributed by atoms with Gasteiger partial charge in [-0.3, -0.25) is 14.4 Å². The second-order valence-corrected chi connectivity index (χ2v) is 15.1. The van der Waals surface area contributed by atoms with Crippen molar-refractivity contribution in [1.29, 1.82) is 0 Å². The largest absolute Gasteiger partial charge is 0.462 e. The summed E-state index contributed by atoms with van der Waals surface area (Å²) in [4.78, 5) is 37.3. The van der Waals surface area contributed by atoms with Crippen molar-refractivity contribution in [2.75, 3.05) is 13.2 Å². The highest BCUT2D eigenvalue weighted by Crippen LogP contribution is 2.16. The van der Waals surface area contributed by atoms with Crippen molar-refractivity contribution in [1.82, 2.24) is 0 Å². The molecule has 0 aliphatic carbocycles. The first-order valence-corrected chi connectivity index (χ1v) is 21.4.